The Morgan fingerprint density at radius 3 is 1.82 bits per heavy atom. The van der Waals surface area contributed by atoms with Crippen molar-refractivity contribution in [3.8, 4) is 34.2 Å². The molecule has 11 rings (SSSR count). The fraction of sp³-hybridized carbons (Fsp3) is 0.0862. The van der Waals surface area contributed by atoms with Crippen molar-refractivity contribution in [2.45, 2.75) is 25.7 Å². The van der Waals surface area contributed by atoms with Gasteiger partial charge in [-0.2, -0.15) is 0 Å². The van der Waals surface area contributed by atoms with Gasteiger partial charge in [-0.1, -0.05) is 189 Å². The lowest BCUT2D eigenvalue weighted by Crippen LogP contribution is -2.33. The molecule has 290 valence electrons. The van der Waals surface area contributed by atoms with Crippen molar-refractivity contribution >= 4 is 50.0 Å². The molecule has 3 nitrogen and oxygen atoms in total. The molecule has 0 saturated heterocycles. The van der Waals surface area contributed by atoms with Gasteiger partial charge in [-0.05, 0) is 114 Å². The number of benzene rings is 8. The molecule has 0 fully saturated rings. The van der Waals surface area contributed by atoms with E-state index in [-0.39, 0.29) is 0 Å². The van der Waals surface area contributed by atoms with E-state index in [1.54, 1.807) is 0 Å². The fourth-order valence-electron chi connectivity index (χ4n) is 10.3. The SMILES string of the molecule is C=Cc1cc(-c2nc(-c3ccc4c(c3)C(c3ccccc3)(c3ccccc3)C3=C4C=CCC3C)nc(-c3cc4ccccc4c4ccccc34)n2)c2ccccc2c1/C=C\C. The molecule has 2 aliphatic carbocycles. The molecule has 1 heterocycles. The van der Waals surface area contributed by atoms with E-state index in [1.165, 1.54) is 44.2 Å². The molecule has 1 atom stereocenters. The molecule has 0 N–H and O–H groups in total. The third-order valence-corrected chi connectivity index (χ3v) is 12.9. The summed E-state index contributed by atoms with van der Waals surface area (Å²) in [5, 5.41) is 6.81. The van der Waals surface area contributed by atoms with Crippen molar-refractivity contribution in [1.82, 2.24) is 15.0 Å². The third-order valence-electron chi connectivity index (χ3n) is 12.9. The van der Waals surface area contributed by atoms with E-state index < -0.39 is 5.41 Å². The van der Waals surface area contributed by atoms with Gasteiger partial charge in [0.2, 0.25) is 0 Å². The highest BCUT2D eigenvalue weighted by molar-refractivity contribution is 6.13. The van der Waals surface area contributed by atoms with Crippen molar-refractivity contribution in [2.24, 2.45) is 5.92 Å². The van der Waals surface area contributed by atoms with E-state index in [2.05, 4.69) is 209 Å². The topological polar surface area (TPSA) is 38.7 Å². The minimum atomic E-state index is -0.502. The maximum absolute atomic E-state index is 5.47. The highest BCUT2D eigenvalue weighted by Crippen LogP contribution is 2.59. The van der Waals surface area contributed by atoms with Gasteiger partial charge in [0.15, 0.2) is 17.5 Å². The van der Waals surface area contributed by atoms with Crippen LogP contribution in [0.25, 0.3) is 84.2 Å². The molecule has 0 bridgehead atoms. The van der Waals surface area contributed by atoms with Crippen LogP contribution in [0, 0.1) is 5.92 Å². The molecule has 1 unspecified atom stereocenters. The standard InChI is InChI=1S/C58H43N3/c1-4-19-43-38(5-2)34-51(47-29-16-14-27-45(43)47)56-59-55(60-57(61-56)52-35-39-21-12-13-26-44(39)46-28-15-17-30-48(46)52)40-32-33-49-50-31-18-20-37(3)54(50)58(53(49)36-40,41-22-8-6-9-23-41)42-24-10-7-11-25-42/h4-19,21-37H,2,20H2,1,3H3/b19-4-. The van der Waals surface area contributed by atoms with Crippen LogP contribution in [-0.2, 0) is 5.41 Å². The van der Waals surface area contributed by atoms with Crippen molar-refractivity contribution in [1.29, 1.82) is 0 Å². The van der Waals surface area contributed by atoms with Gasteiger partial charge in [0, 0.05) is 16.7 Å². The van der Waals surface area contributed by atoms with Gasteiger partial charge in [-0.3, -0.25) is 0 Å². The summed E-state index contributed by atoms with van der Waals surface area (Å²) in [4.78, 5) is 16.4. The van der Waals surface area contributed by atoms with Crippen LogP contribution in [0.3, 0.4) is 0 Å². The van der Waals surface area contributed by atoms with Crippen LogP contribution < -0.4 is 0 Å². The van der Waals surface area contributed by atoms with Crippen molar-refractivity contribution in [2.75, 3.05) is 0 Å². The van der Waals surface area contributed by atoms with Crippen LogP contribution in [0.15, 0.2) is 194 Å². The monoisotopic (exact) mass is 781 g/mol. The van der Waals surface area contributed by atoms with Crippen LogP contribution in [0.2, 0.25) is 0 Å². The summed E-state index contributed by atoms with van der Waals surface area (Å²) in [6, 6.07) is 59.2. The summed E-state index contributed by atoms with van der Waals surface area (Å²) in [5.41, 5.74) is 12.3. The lowest BCUT2D eigenvalue weighted by atomic mass is 9.63. The van der Waals surface area contributed by atoms with Gasteiger partial charge in [-0.15, -0.1) is 0 Å². The second-order valence-electron chi connectivity index (χ2n) is 16.3. The van der Waals surface area contributed by atoms with Gasteiger partial charge in [0.1, 0.15) is 0 Å². The fourth-order valence-corrected chi connectivity index (χ4v) is 10.3. The van der Waals surface area contributed by atoms with E-state index in [4.69, 9.17) is 15.0 Å². The zero-order chi connectivity index (χ0) is 41.1. The van der Waals surface area contributed by atoms with Crippen LogP contribution in [0.5, 0.6) is 0 Å². The molecule has 0 spiro atoms. The Bertz CT molecular complexity index is 3280. The van der Waals surface area contributed by atoms with E-state index in [9.17, 15) is 0 Å². The lowest BCUT2D eigenvalue weighted by molar-refractivity contribution is 0.583. The highest BCUT2D eigenvalue weighted by Gasteiger charge is 2.49. The van der Waals surface area contributed by atoms with Gasteiger partial charge in [-0.25, -0.2) is 15.0 Å². The molecule has 0 amide bonds. The zero-order valence-corrected chi connectivity index (χ0v) is 34.3. The van der Waals surface area contributed by atoms with Gasteiger partial charge in [0.05, 0.1) is 5.41 Å². The van der Waals surface area contributed by atoms with Gasteiger partial charge < -0.3 is 0 Å². The van der Waals surface area contributed by atoms with Crippen molar-refractivity contribution in [3.63, 3.8) is 0 Å². The van der Waals surface area contributed by atoms with E-state index in [0.717, 1.165) is 55.8 Å². The Kier molecular flexibility index (Phi) is 8.79. The smallest absolute Gasteiger partial charge is 0.164 e. The maximum atomic E-state index is 5.47. The number of fused-ring (bicyclic) bond motifs is 6. The number of rotatable bonds is 7. The molecule has 3 heteroatoms. The van der Waals surface area contributed by atoms with Gasteiger partial charge in [0.25, 0.3) is 0 Å². The summed E-state index contributed by atoms with van der Waals surface area (Å²) in [6.07, 6.45) is 11.9. The molecule has 2 aliphatic rings. The minimum absolute atomic E-state index is 0.339. The third kappa shape index (κ3) is 5.68. The minimum Gasteiger partial charge on any atom is -0.208 e. The van der Waals surface area contributed by atoms with E-state index in [1.807, 2.05) is 6.08 Å². The van der Waals surface area contributed by atoms with Crippen LogP contribution in [0.1, 0.15) is 53.6 Å². The quantitative estimate of drug-likeness (QED) is 0.151. The van der Waals surface area contributed by atoms with Crippen LogP contribution in [-0.4, -0.2) is 15.0 Å². The van der Waals surface area contributed by atoms with E-state index >= 15 is 0 Å². The second-order valence-corrected chi connectivity index (χ2v) is 16.3. The molecular formula is C58H43N3. The molecule has 8 aromatic carbocycles. The normalized spacial score (nSPS) is 15.5. The number of aromatic nitrogens is 3. The Morgan fingerprint density at radius 2 is 1.15 bits per heavy atom. The largest absolute Gasteiger partial charge is 0.208 e. The highest BCUT2D eigenvalue weighted by atomic mass is 15.0. The predicted octanol–water partition coefficient (Wildman–Crippen LogP) is 14.7. The predicted molar refractivity (Wildman–Crippen MR) is 256 cm³/mol. The molecular weight excluding hydrogens is 739 g/mol. The first-order chi connectivity index (χ1) is 30.1. The maximum Gasteiger partial charge on any atom is 0.164 e. The molecule has 9 aromatic rings. The second kappa shape index (κ2) is 14.7. The summed E-state index contributed by atoms with van der Waals surface area (Å²) < 4.78 is 0. The number of hydrogen-bond acceptors (Lipinski definition) is 3. The summed E-state index contributed by atoms with van der Waals surface area (Å²) >= 11 is 0. The number of allylic oxidation sites excluding steroid dienone is 5. The Labute approximate surface area is 356 Å². The molecule has 0 radical (unpaired) electrons. The first-order valence-corrected chi connectivity index (χ1v) is 21.2. The summed E-state index contributed by atoms with van der Waals surface area (Å²) in [5.74, 6) is 2.22. The van der Waals surface area contributed by atoms with Crippen molar-refractivity contribution < 1.29 is 0 Å². The molecule has 0 aliphatic heterocycles. The summed E-state index contributed by atoms with van der Waals surface area (Å²) in [7, 11) is 0. The van der Waals surface area contributed by atoms with Crippen LogP contribution >= 0.6 is 0 Å². The van der Waals surface area contributed by atoms with Gasteiger partial charge >= 0.3 is 0 Å². The van der Waals surface area contributed by atoms with Crippen LogP contribution in [0.4, 0.5) is 0 Å². The van der Waals surface area contributed by atoms with E-state index in [0.29, 0.717) is 23.4 Å². The molecule has 0 saturated carbocycles. The average Bonchev–Trinajstić information content (AvgIpc) is 3.63. The number of nitrogens with zero attached hydrogens (tertiary/aromatic N) is 3. The number of hydrogen-bond donors (Lipinski definition) is 0. The zero-order valence-electron chi connectivity index (χ0n) is 34.3. The first-order valence-electron chi connectivity index (χ1n) is 21.2. The molecule has 1 aromatic heterocycles. The molecule has 61 heavy (non-hydrogen) atoms. The van der Waals surface area contributed by atoms with Crippen molar-refractivity contribution in [3.05, 3.63) is 228 Å². The Hall–Kier alpha value is -7.49. The Balaban J connectivity index is 1.22. The average molecular weight is 782 g/mol. The first kappa shape index (κ1) is 36.6. The lowest BCUT2D eigenvalue weighted by Gasteiger charge is -2.39. The summed E-state index contributed by atoms with van der Waals surface area (Å²) in [6.45, 7) is 8.68. The Morgan fingerprint density at radius 1 is 0.574 bits per heavy atom.